The lowest BCUT2D eigenvalue weighted by atomic mass is 9.80. The van der Waals surface area contributed by atoms with Gasteiger partial charge < -0.3 is 9.74 Å². The molecule has 3 nitrogen and oxygen atoms in total. The second kappa shape index (κ2) is 20.9. The van der Waals surface area contributed by atoms with Crippen LogP contribution in [0.4, 0.5) is 13.2 Å². The standard InChI is InChI=1S/C19H31N.C9H11F3.C7H13NO/c1-7-20(6)13-9-12-17-10-8-11-18(14-17)15-19(4,5)16(2)3;1-4-8(9(10,11)12)6-5-7(2)3;1-6(2)5-7(3)9-8-4/h8,10-11,14H,2,7,9,12-13,15H2,1,3-6H3;4-6H,1H2,2-3H3;6H,3-5H2,1-2H3/b;8-6+;. The Balaban J connectivity index is 0. The third kappa shape index (κ3) is 21.5. The fourth-order valence-electron chi connectivity index (χ4n) is 3.39. The van der Waals surface area contributed by atoms with Crippen molar-refractivity contribution in [2.75, 3.05) is 20.1 Å². The van der Waals surface area contributed by atoms with E-state index < -0.39 is 11.7 Å². The molecule has 0 saturated carbocycles. The summed E-state index contributed by atoms with van der Waals surface area (Å²) in [5.41, 5.74) is 4.43. The molecule has 0 bridgehead atoms. The Morgan fingerprint density at radius 1 is 1.07 bits per heavy atom. The molecule has 0 radical (unpaired) electrons. The van der Waals surface area contributed by atoms with Crippen LogP contribution in [-0.4, -0.2) is 37.9 Å². The molecule has 0 aliphatic rings. The zero-order valence-corrected chi connectivity index (χ0v) is 27.1. The van der Waals surface area contributed by atoms with E-state index in [1.807, 2.05) is 0 Å². The molecular weight excluding hydrogens is 521 g/mol. The predicted molar refractivity (Wildman–Crippen MR) is 173 cm³/mol. The van der Waals surface area contributed by atoms with Crippen molar-refractivity contribution in [3.63, 3.8) is 0 Å². The van der Waals surface area contributed by atoms with Gasteiger partial charge in [0.05, 0.1) is 5.57 Å². The zero-order valence-electron chi connectivity index (χ0n) is 27.1. The van der Waals surface area contributed by atoms with Gasteiger partial charge in [-0.05, 0) is 82.6 Å². The third-order valence-electron chi connectivity index (χ3n) is 6.31. The molecule has 0 saturated heterocycles. The summed E-state index contributed by atoms with van der Waals surface area (Å²) in [6.07, 6.45) is 3.26. The first-order valence-electron chi connectivity index (χ1n) is 14.2. The molecule has 0 aliphatic heterocycles. The molecule has 0 atom stereocenters. The maximum absolute atomic E-state index is 12.0. The molecule has 1 rings (SSSR count). The summed E-state index contributed by atoms with van der Waals surface area (Å²) in [5.74, 6) is 1.25. The maximum Gasteiger partial charge on any atom is 0.416 e. The maximum atomic E-state index is 12.0. The first-order valence-corrected chi connectivity index (χ1v) is 14.2. The fraction of sp³-hybridized carbons (Fsp3) is 0.514. The van der Waals surface area contributed by atoms with E-state index in [4.69, 9.17) is 0 Å². The number of aryl methyl sites for hydroxylation is 1. The van der Waals surface area contributed by atoms with Gasteiger partial charge >= 0.3 is 6.18 Å². The summed E-state index contributed by atoms with van der Waals surface area (Å²) >= 11 is 0. The number of nitrogens with zero attached hydrogens (tertiary/aromatic N) is 2. The van der Waals surface area contributed by atoms with Crippen LogP contribution in [-0.2, 0) is 17.7 Å². The van der Waals surface area contributed by atoms with Crippen molar-refractivity contribution in [2.24, 2.45) is 16.5 Å². The molecule has 6 heteroatoms. The van der Waals surface area contributed by atoms with Gasteiger partial charge in [-0.1, -0.05) is 113 Å². The summed E-state index contributed by atoms with van der Waals surface area (Å²) in [4.78, 5) is 7.04. The SMILES string of the molecule is C=C(C)C(C)(C)Cc1cccc(CCCN(C)CC)c1.C=C/C(=C\C=C(C)C)C(F)(F)F.C=NOC(=C)CC(C)C. The van der Waals surface area contributed by atoms with Crippen LogP contribution in [0, 0.1) is 11.3 Å². The molecule has 0 aromatic heterocycles. The van der Waals surface area contributed by atoms with Crippen LogP contribution in [0.2, 0.25) is 0 Å². The van der Waals surface area contributed by atoms with Crippen LogP contribution in [0.1, 0.15) is 79.4 Å². The Hall–Kier alpha value is -2.86. The minimum absolute atomic E-state index is 0.182. The summed E-state index contributed by atoms with van der Waals surface area (Å²) in [6, 6.07) is 9.06. The highest BCUT2D eigenvalue weighted by Crippen LogP contribution is 2.29. The molecule has 0 heterocycles. The Labute approximate surface area is 249 Å². The Morgan fingerprint density at radius 3 is 2.10 bits per heavy atom. The lowest BCUT2D eigenvalue weighted by molar-refractivity contribution is -0.0881. The van der Waals surface area contributed by atoms with Crippen molar-refractivity contribution in [1.29, 1.82) is 0 Å². The molecule has 1 aromatic rings. The monoisotopic (exact) mass is 576 g/mol. The zero-order chi connectivity index (χ0) is 32.2. The molecular formula is C35H55F3N2O. The number of hydrogen-bond donors (Lipinski definition) is 0. The second-order valence-electron chi connectivity index (χ2n) is 11.6. The Morgan fingerprint density at radius 2 is 1.66 bits per heavy atom. The summed E-state index contributed by atoms with van der Waals surface area (Å²) in [5, 5.41) is 3.24. The lowest BCUT2D eigenvalue weighted by Crippen LogP contribution is -2.19. The summed E-state index contributed by atoms with van der Waals surface area (Å²) in [6.45, 7) is 32.9. The van der Waals surface area contributed by atoms with E-state index in [0.29, 0.717) is 11.7 Å². The van der Waals surface area contributed by atoms with Crippen molar-refractivity contribution in [1.82, 2.24) is 4.90 Å². The van der Waals surface area contributed by atoms with E-state index in [1.165, 1.54) is 42.2 Å². The minimum atomic E-state index is -4.30. The molecule has 41 heavy (non-hydrogen) atoms. The van der Waals surface area contributed by atoms with Gasteiger partial charge in [0.1, 0.15) is 5.76 Å². The second-order valence-corrected chi connectivity index (χ2v) is 11.6. The molecule has 0 N–H and O–H groups in total. The van der Waals surface area contributed by atoms with Crippen LogP contribution < -0.4 is 0 Å². The normalized spacial score (nSPS) is 11.5. The van der Waals surface area contributed by atoms with E-state index in [0.717, 1.165) is 37.1 Å². The van der Waals surface area contributed by atoms with Crippen LogP contribution in [0.5, 0.6) is 0 Å². The topological polar surface area (TPSA) is 24.8 Å². The van der Waals surface area contributed by atoms with Gasteiger partial charge in [0.2, 0.25) is 0 Å². The molecule has 0 unspecified atom stereocenters. The van der Waals surface area contributed by atoms with Crippen LogP contribution >= 0.6 is 0 Å². The lowest BCUT2D eigenvalue weighted by Gasteiger charge is -2.25. The summed E-state index contributed by atoms with van der Waals surface area (Å²) in [7, 11) is 2.19. The first kappa shape index (κ1) is 40.3. The van der Waals surface area contributed by atoms with Crippen molar-refractivity contribution in [2.45, 2.75) is 87.2 Å². The van der Waals surface area contributed by atoms with Crippen molar-refractivity contribution in [3.05, 3.63) is 95.8 Å². The van der Waals surface area contributed by atoms with Crippen LogP contribution in [0.15, 0.2) is 89.9 Å². The third-order valence-corrected chi connectivity index (χ3v) is 6.31. The quantitative estimate of drug-likeness (QED) is 0.0723. The van der Waals surface area contributed by atoms with Gasteiger partial charge in [-0.3, -0.25) is 0 Å². The average molecular weight is 577 g/mol. The number of allylic oxidation sites excluding steroid dienone is 7. The van der Waals surface area contributed by atoms with Crippen molar-refractivity contribution >= 4 is 6.72 Å². The largest absolute Gasteiger partial charge is 0.416 e. The molecule has 0 aliphatic carbocycles. The van der Waals surface area contributed by atoms with Gasteiger partial charge in [-0.25, -0.2) is 0 Å². The van der Waals surface area contributed by atoms with Crippen molar-refractivity contribution < 1.29 is 18.0 Å². The predicted octanol–water partition coefficient (Wildman–Crippen LogP) is 10.5. The molecule has 232 valence electrons. The van der Waals surface area contributed by atoms with Crippen LogP contribution in [0.3, 0.4) is 0 Å². The Bertz CT molecular complexity index is 997. The highest BCUT2D eigenvalue weighted by molar-refractivity contribution is 5.28. The van der Waals surface area contributed by atoms with Crippen molar-refractivity contribution in [3.8, 4) is 0 Å². The van der Waals surface area contributed by atoms with E-state index in [-0.39, 0.29) is 5.41 Å². The molecule has 0 amide bonds. The number of rotatable bonds is 14. The number of hydrogen-bond acceptors (Lipinski definition) is 3. The number of alkyl halides is 3. The molecule has 1 aromatic carbocycles. The molecule has 0 spiro atoms. The number of oxime groups is 1. The Kier molecular flexibility index (Phi) is 20.6. The van der Waals surface area contributed by atoms with Crippen LogP contribution in [0.25, 0.3) is 0 Å². The van der Waals surface area contributed by atoms with Gasteiger partial charge in [0, 0.05) is 13.1 Å². The highest BCUT2D eigenvalue weighted by atomic mass is 19.4. The average Bonchev–Trinajstić information content (AvgIpc) is 2.83. The van der Waals surface area contributed by atoms with Gasteiger partial charge in [-0.2, -0.15) is 13.2 Å². The van der Waals surface area contributed by atoms with E-state index in [2.05, 4.69) is 114 Å². The number of halogens is 3. The van der Waals surface area contributed by atoms with E-state index >= 15 is 0 Å². The minimum Gasteiger partial charge on any atom is -0.363 e. The van der Waals surface area contributed by atoms with Gasteiger partial charge in [0.15, 0.2) is 0 Å². The van der Waals surface area contributed by atoms with E-state index in [1.54, 1.807) is 13.8 Å². The van der Waals surface area contributed by atoms with Gasteiger partial charge in [-0.15, -0.1) is 0 Å². The summed E-state index contributed by atoms with van der Waals surface area (Å²) < 4.78 is 36.0. The number of benzene rings is 1. The smallest absolute Gasteiger partial charge is 0.363 e. The van der Waals surface area contributed by atoms with Gasteiger partial charge in [0.25, 0.3) is 0 Å². The molecule has 0 fully saturated rings. The van der Waals surface area contributed by atoms with E-state index in [9.17, 15) is 13.2 Å². The first-order chi connectivity index (χ1) is 18.9. The fourth-order valence-corrected chi connectivity index (χ4v) is 3.39. The highest BCUT2D eigenvalue weighted by Gasteiger charge is 2.30.